The minimum absolute atomic E-state index is 0.304. The lowest BCUT2D eigenvalue weighted by Crippen LogP contribution is -2.02. The van der Waals surface area contributed by atoms with Crippen molar-refractivity contribution in [2.24, 2.45) is 0 Å². The van der Waals surface area contributed by atoms with Gasteiger partial charge < -0.3 is 4.74 Å². The predicted octanol–water partition coefficient (Wildman–Crippen LogP) is 3.93. The topological polar surface area (TPSA) is 26.3 Å². The number of carbonyl (C=O) groups excluding carboxylic acids is 1. The molecule has 0 spiro atoms. The summed E-state index contributed by atoms with van der Waals surface area (Å²) in [6, 6.07) is 5.57. The maximum absolute atomic E-state index is 11.4. The minimum atomic E-state index is -0.304. The molecule has 0 atom stereocenters. The average molecular weight is 283 g/mol. The Hall–Kier alpha value is -1.09. The molecular formula is C13H15BrO2. The zero-order chi connectivity index (χ0) is 12.3. The maximum Gasteiger partial charge on any atom is 0.337 e. The molecule has 3 heteroatoms. The molecule has 0 radical (unpaired) electrons. The Morgan fingerprint density at radius 1 is 1.31 bits per heavy atom. The van der Waals surface area contributed by atoms with E-state index in [4.69, 9.17) is 4.74 Å². The Morgan fingerprint density at radius 3 is 2.44 bits per heavy atom. The van der Waals surface area contributed by atoms with Gasteiger partial charge in [0, 0.05) is 0 Å². The molecule has 0 bridgehead atoms. The van der Waals surface area contributed by atoms with Gasteiger partial charge in [-0.1, -0.05) is 22.0 Å². The van der Waals surface area contributed by atoms with Gasteiger partial charge in [-0.2, -0.15) is 0 Å². The van der Waals surface area contributed by atoms with Crippen molar-refractivity contribution in [3.05, 3.63) is 39.4 Å². The van der Waals surface area contributed by atoms with Crippen LogP contribution in [0.2, 0.25) is 0 Å². The van der Waals surface area contributed by atoms with Crippen LogP contribution >= 0.6 is 15.9 Å². The van der Waals surface area contributed by atoms with Crippen molar-refractivity contribution < 1.29 is 9.53 Å². The fourth-order valence-corrected chi connectivity index (χ4v) is 1.67. The molecule has 1 aromatic carbocycles. The summed E-state index contributed by atoms with van der Waals surface area (Å²) in [4.78, 5) is 11.4. The van der Waals surface area contributed by atoms with E-state index in [1.807, 2.05) is 32.9 Å². The van der Waals surface area contributed by atoms with E-state index in [1.54, 1.807) is 6.07 Å². The van der Waals surface area contributed by atoms with Crippen molar-refractivity contribution in [3.63, 3.8) is 0 Å². The second-order valence-corrected chi connectivity index (χ2v) is 4.87. The maximum atomic E-state index is 11.4. The third kappa shape index (κ3) is 2.73. The number of esters is 1. The second-order valence-electron chi connectivity index (χ2n) is 3.68. The number of rotatable bonds is 2. The molecule has 2 nitrogen and oxygen atoms in total. The van der Waals surface area contributed by atoms with Crippen molar-refractivity contribution in [1.29, 1.82) is 0 Å². The Kier molecular flexibility index (Phi) is 4.30. The third-order valence-electron chi connectivity index (χ3n) is 2.58. The lowest BCUT2D eigenvalue weighted by atomic mass is 9.99. The molecule has 0 aromatic heterocycles. The molecule has 0 N–H and O–H groups in total. The van der Waals surface area contributed by atoms with Crippen LogP contribution in [0, 0.1) is 6.92 Å². The predicted molar refractivity (Wildman–Crippen MR) is 69.7 cm³/mol. The van der Waals surface area contributed by atoms with Gasteiger partial charge in [0.05, 0.1) is 12.7 Å². The normalized spacial score (nSPS) is 12.1. The minimum Gasteiger partial charge on any atom is -0.465 e. The molecule has 1 aromatic rings. The first-order chi connectivity index (χ1) is 7.47. The molecule has 16 heavy (non-hydrogen) atoms. The van der Waals surface area contributed by atoms with Gasteiger partial charge in [0.2, 0.25) is 0 Å². The summed E-state index contributed by atoms with van der Waals surface area (Å²) in [6.45, 7) is 6.03. The van der Waals surface area contributed by atoms with Gasteiger partial charge in [-0.25, -0.2) is 4.79 Å². The van der Waals surface area contributed by atoms with Gasteiger partial charge in [0.15, 0.2) is 0 Å². The van der Waals surface area contributed by atoms with Gasteiger partial charge in [-0.05, 0) is 54.1 Å². The lowest BCUT2D eigenvalue weighted by molar-refractivity contribution is 0.0600. The first-order valence-corrected chi connectivity index (χ1v) is 5.79. The summed E-state index contributed by atoms with van der Waals surface area (Å²) >= 11 is 3.45. The van der Waals surface area contributed by atoms with Crippen molar-refractivity contribution in [2.75, 3.05) is 7.11 Å². The molecule has 0 heterocycles. The SMILES string of the molecule is COC(=O)c1ccc(C)c(/C(C)=C(\C)Br)c1. The van der Waals surface area contributed by atoms with Gasteiger partial charge in [-0.3, -0.25) is 0 Å². The highest BCUT2D eigenvalue weighted by Gasteiger charge is 2.09. The second kappa shape index (κ2) is 5.30. The van der Waals surface area contributed by atoms with Crippen molar-refractivity contribution in [2.45, 2.75) is 20.8 Å². The summed E-state index contributed by atoms with van der Waals surface area (Å²) in [5.74, 6) is -0.304. The fraction of sp³-hybridized carbons (Fsp3) is 0.308. The molecule has 86 valence electrons. The number of carbonyl (C=O) groups is 1. The Balaban J connectivity index is 3.30. The summed E-state index contributed by atoms with van der Waals surface area (Å²) in [5.41, 5.74) is 3.92. The van der Waals surface area contributed by atoms with Crippen LogP contribution in [0.5, 0.6) is 0 Å². The fourth-order valence-electron chi connectivity index (χ4n) is 1.46. The third-order valence-corrected chi connectivity index (χ3v) is 3.17. The standard InChI is InChI=1S/C13H15BrO2/c1-8-5-6-11(13(15)16-4)7-12(8)9(2)10(3)14/h5-7H,1-4H3/b10-9+. The number of allylic oxidation sites excluding steroid dienone is 2. The number of hydrogen-bond donors (Lipinski definition) is 0. The Morgan fingerprint density at radius 2 is 1.94 bits per heavy atom. The summed E-state index contributed by atoms with van der Waals surface area (Å²) in [6.07, 6.45) is 0. The van der Waals surface area contributed by atoms with Crippen molar-refractivity contribution in [1.82, 2.24) is 0 Å². The molecule has 0 aliphatic heterocycles. The highest BCUT2D eigenvalue weighted by Crippen LogP contribution is 2.25. The number of ether oxygens (including phenoxy) is 1. The lowest BCUT2D eigenvalue weighted by Gasteiger charge is -2.09. The Labute approximate surface area is 104 Å². The average Bonchev–Trinajstić information content (AvgIpc) is 2.27. The van der Waals surface area contributed by atoms with Crippen LogP contribution in [0.1, 0.15) is 35.3 Å². The van der Waals surface area contributed by atoms with E-state index in [1.165, 1.54) is 7.11 Å². The van der Waals surface area contributed by atoms with Crippen molar-refractivity contribution >= 4 is 27.5 Å². The van der Waals surface area contributed by atoms with Crippen LogP contribution in [-0.2, 0) is 4.74 Å². The number of hydrogen-bond acceptors (Lipinski definition) is 2. The zero-order valence-electron chi connectivity index (χ0n) is 9.93. The smallest absolute Gasteiger partial charge is 0.337 e. The van der Waals surface area contributed by atoms with Crippen LogP contribution < -0.4 is 0 Å². The first kappa shape index (κ1) is 13.0. The highest BCUT2D eigenvalue weighted by atomic mass is 79.9. The van der Waals surface area contributed by atoms with E-state index in [9.17, 15) is 4.79 Å². The number of benzene rings is 1. The molecule has 0 amide bonds. The Bertz CT molecular complexity index is 443. The van der Waals surface area contributed by atoms with E-state index < -0.39 is 0 Å². The first-order valence-electron chi connectivity index (χ1n) is 4.99. The monoisotopic (exact) mass is 282 g/mol. The van der Waals surface area contributed by atoms with E-state index in [0.717, 1.165) is 21.2 Å². The largest absolute Gasteiger partial charge is 0.465 e. The van der Waals surface area contributed by atoms with Gasteiger partial charge >= 0.3 is 5.97 Å². The van der Waals surface area contributed by atoms with Crippen LogP contribution in [-0.4, -0.2) is 13.1 Å². The van der Waals surface area contributed by atoms with Crippen molar-refractivity contribution in [3.8, 4) is 0 Å². The summed E-state index contributed by atoms with van der Waals surface area (Å²) in [5, 5.41) is 0. The summed E-state index contributed by atoms with van der Waals surface area (Å²) < 4.78 is 5.77. The zero-order valence-corrected chi connectivity index (χ0v) is 11.5. The van der Waals surface area contributed by atoms with Gasteiger partial charge in [0.25, 0.3) is 0 Å². The molecule has 0 unspecified atom stereocenters. The van der Waals surface area contributed by atoms with E-state index in [2.05, 4.69) is 15.9 Å². The van der Waals surface area contributed by atoms with E-state index >= 15 is 0 Å². The molecule has 0 aliphatic rings. The van der Waals surface area contributed by atoms with Crippen LogP contribution in [0.4, 0.5) is 0 Å². The molecule has 0 saturated carbocycles. The molecular weight excluding hydrogens is 268 g/mol. The number of aryl methyl sites for hydroxylation is 1. The van der Waals surface area contributed by atoms with Crippen LogP contribution in [0.3, 0.4) is 0 Å². The number of halogens is 1. The van der Waals surface area contributed by atoms with Crippen LogP contribution in [0.25, 0.3) is 5.57 Å². The molecule has 0 saturated heterocycles. The van der Waals surface area contributed by atoms with Gasteiger partial charge in [0.1, 0.15) is 0 Å². The van der Waals surface area contributed by atoms with Crippen LogP contribution in [0.15, 0.2) is 22.7 Å². The highest BCUT2D eigenvalue weighted by molar-refractivity contribution is 9.11. The van der Waals surface area contributed by atoms with E-state index in [0.29, 0.717) is 5.56 Å². The quantitative estimate of drug-likeness (QED) is 0.769. The molecule has 0 fully saturated rings. The molecule has 1 rings (SSSR count). The summed E-state index contributed by atoms with van der Waals surface area (Å²) in [7, 11) is 1.39. The molecule has 0 aliphatic carbocycles. The van der Waals surface area contributed by atoms with E-state index in [-0.39, 0.29) is 5.97 Å². The number of methoxy groups -OCH3 is 1. The van der Waals surface area contributed by atoms with Gasteiger partial charge in [-0.15, -0.1) is 0 Å².